The molecular weight excluding hydrogens is 230 g/mol. The molecule has 1 aliphatic rings. The summed E-state index contributed by atoms with van der Waals surface area (Å²) in [6.07, 6.45) is 0. The van der Waals surface area contributed by atoms with Crippen LogP contribution in [0.2, 0.25) is 0 Å². The summed E-state index contributed by atoms with van der Waals surface area (Å²) >= 11 is 0. The molecule has 1 aromatic carbocycles. The fraction of sp³-hybridized carbons (Fsp3) is 0.286. The van der Waals surface area contributed by atoms with Gasteiger partial charge in [0, 0.05) is 11.8 Å². The van der Waals surface area contributed by atoms with Crippen molar-refractivity contribution in [1.29, 1.82) is 0 Å². The van der Waals surface area contributed by atoms with Gasteiger partial charge in [-0.1, -0.05) is 0 Å². The lowest BCUT2D eigenvalue weighted by molar-refractivity contribution is 0.171. The van der Waals surface area contributed by atoms with Crippen LogP contribution in [0, 0.1) is 6.92 Å². The number of ether oxygens (including phenoxy) is 2. The van der Waals surface area contributed by atoms with Gasteiger partial charge in [0.2, 0.25) is 0 Å². The molecule has 0 radical (unpaired) electrons. The molecule has 1 aliphatic heterocycles. The molecule has 0 amide bonds. The number of anilines is 1. The van der Waals surface area contributed by atoms with Crippen molar-refractivity contribution in [3.05, 3.63) is 41.9 Å². The molecular formula is C14H15NO3. The Labute approximate surface area is 106 Å². The van der Waals surface area contributed by atoms with E-state index in [1.54, 1.807) is 0 Å². The van der Waals surface area contributed by atoms with Crippen LogP contribution in [0.5, 0.6) is 11.5 Å². The van der Waals surface area contributed by atoms with E-state index in [-0.39, 0.29) is 0 Å². The molecule has 4 nitrogen and oxygen atoms in total. The Bertz CT molecular complexity index is 548. The molecule has 1 aromatic heterocycles. The molecule has 2 heterocycles. The van der Waals surface area contributed by atoms with Gasteiger partial charge in [0.25, 0.3) is 0 Å². The summed E-state index contributed by atoms with van der Waals surface area (Å²) in [7, 11) is 0. The molecule has 94 valence electrons. The van der Waals surface area contributed by atoms with Crippen LogP contribution in [-0.2, 0) is 6.54 Å². The summed E-state index contributed by atoms with van der Waals surface area (Å²) in [5.41, 5.74) is 0.994. The van der Waals surface area contributed by atoms with Crippen LogP contribution < -0.4 is 14.8 Å². The minimum absolute atomic E-state index is 0.605. The van der Waals surface area contributed by atoms with E-state index in [9.17, 15) is 0 Å². The Balaban J connectivity index is 1.69. The normalized spacial score (nSPS) is 13.4. The number of nitrogens with one attached hydrogen (secondary N) is 1. The van der Waals surface area contributed by atoms with Crippen molar-refractivity contribution in [2.45, 2.75) is 13.5 Å². The molecule has 0 spiro atoms. The first-order chi connectivity index (χ1) is 8.81. The molecule has 0 unspecified atom stereocenters. The molecule has 0 saturated carbocycles. The summed E-state index contributed by atoms with van der Waals surface area (Å²) in [6, 6.07) is 9.78. The van der Waals surface area contributed by atoms with Gasteiger partial charge in [-0.2, -0.15) is 0 Å². The highest BCUT2D eigenvalue weighted by Gasteiger charge is 2.11. The van der Waals surface area contributed by atoms with Gasteiger partial charge in [-0.25, -0.2) is 0 Å². The SMILES string of the molecule is Cc1ccc(CNc2ccc3c(c2)OCCO3)o1. The molecule has 0 saturated heterocycles. The Hall–Kier alpha value is -2.10. The highest BCUT2D eigenvalue weighted by atomic mass is 16.6. The van der Waals surface area contributed by atoms with Crippen LogP contribution >= 0.6 is 0 Å². The van der Waals surface area contributed by atoms with E-state index in [0.717, 1.165) is 28.7 Å². The van der Waals surface area contributed by atoms with Gasteiger partial charge in [-0.3, -0.25) is 0 Å². The fourth-order valence-electron chi connectivity index (χ4n) is 1.92. The van der Waals surface area contributed by atoms with E-state index in [1.165, 1.54) is 0 Å². The Morgan fingerprint density at radius 2 is 1.89 bits per heavy atom. The van der Waals surface area contributed by atoms with Crippen molar-refractivity contribution in [1.82, 2.24) is 0 Å². The molecule has 1 N–H and O–H groups in total. The second-order valence-corrected chi connectivity index (χ2v) is 4.22. The van der Waals surface area contributed by atoms with Gasteiger partial charge in [-0.05, 0) is 31.2 Å². The van der Waals surface area contributed by atoms with E-state index >= 15 is 0 Å². The van der Waals surface area contributed by atoms with Crippen molar-refractivity contribution in [3.63, 3.8) is 0 Å². The van der Waals surface area contributed by atoms with Crippen LogP contribution in [0.4, 0.5) is 5.69 Å². The van der Waals surface area contributed by atoms with Gasteiger partial charge in [0.15, 0.2) is 11.5 Å². The molecule has 0 bridgehead atoms. The number of hydrogen-bond donors (Lipinski definition) is 1. The van der Waals surface area contributed by atoms with Crippen LogP contribution in [0.3, 0.4) is 0 Å². The van der Waals surface area contributed by atoms with Crippen molar-refractivity contribution in [2.24, 2.45) is 0 Å². The van der Waals surface area contributed by atoms with Gasteiger partial charge in [0.05, 0.1) is 6.54 Å². The zero-order valence-corrected chi connectivity index (χ0v) is 10.2. The monoisotopic (exact) mass is 245 g/mol. The minimum Gasteiger partial charge on any atom is -0.486 e. The van der Waals surface area contributed by atoms with Crippen molar-refractivity contribution in [3.8, 4) is 11.5 Å². The number of furan rings is 1. The number of fused-ring (bicyclic) bond motifs is 1. The van der Waals surface area contributed by atoms with Crippen molar-refractivity contribution >= 4 is 5.69 Å². The second-order valence-electron chi connectivity index (χ2n) is 4.22. The number of rotatable bonds is 3. The third kappa shape index (κ3) is 2.27. The van der Waals surface area contributed by atoms with Crippen LogP contribution in [0.25, 0.3) is 0 Å². The first kappa shape index (κ1) is 11.0. The zero-order chi connectivity index (χ0) is 12.4. The van der Waals surface area contributed by atoms with Gasteiger partial charge in [0.1, 0.15) is 24.7 Å². The molecule has 18 heavy (non-hydrogen) atoms. The van der Waals surface area contributed by atoms with Gasteiger partial charge >= 0.3 is 0 Å². The van der Waals surface area contributed by atoms with E-state index in [4.69, 9.17) is 13.9 Å². The summed E-state index contributed by atoms with van der Waals surface area (Å²) in [6.45, 7) is 3.82. The molecule has 0 fully saturated rings. The van der Waals surface area contributed by atoms with E-state index in [1.807, 2.05) is 37.3 Å². The van der Waals surface area contributed by atoms with Gasteiger partial charge < -0.3 is 19.2 Å². The van der Waals surface area contributed by atoms with Crippen molar-refractivity contribution < 1.29 is 13.9 Å². The molecule has 0 atom stereocenters. The maximum Gasteiger partial charge on any atom is 0.163 e. The zero-order valence-electron chi connectivity index (χ0n) is 10.2. The highest BCUT2D eigenvalue weighted by Crippen LogP contribution is 2.32. The topological polar surface area (TPSA) is 43.6 Å². The van der Waals surface area contributed by atoms with Crippen molar-refractivity contribution in [2.75, 3.05) is 18.5 Å². The summed E-state index contributed by atoms with van der Waals surface area (Å²) in [5, 5.41) is 3.30. The smallest absolute Gasteiger partial charge is 0.163 e. The predicted molar refractivity (Wildman–Crippen MR) is 68.2 cm³/mol. The number of aryl methyl sites for hydroxylation is 1. The first-order valence-electron chi connectivity index (χ1n) is 6.00. The van der Waals surface area contributed by atoms with Crippen LogP contribution in [-0.4, -0.2) is 13.2 Å². The predicted octanol–water partition coefficient (Wildman–Crippen LogP) is 2.97. The third-order valence-corrected chi connectivity index (χ3v) is 2.80. The van der Waals surface area contributed by atoms with E-state index < -0.39 is 0 Å². The third-order valence-electron chi connectivity index (χ3n) is 2.80. The maximum absolute atomic E-state index is 5.53. The average Bonchev–Trinajstić information content (AvgIpc) is 2.82. The van der Waals surface area contributed by atoms with E-state index in [2.05, 4.69) is 5.32 Å². The molecule has 3 rings (SSSR count). The lowest BCUT2D eigenvalue weighted by atomic mass is 10.2. The summed E-state index contributed by atoms with van der Waals surface area (Å²) in [4.78, 5) is 0. The van der Waals surface area contributed by atoms with Crippen LogP contribution in [0.15, 0.2) is 34.7 Å². The Morgan fingerprint density at radius 1 is 1.06 bits per heavy atom. The Morgan fingerprint density at radius 3 is 2.67 bits per heavy atom. The van der Waals surface area contributed by atoms with E-state index in [0.29, 0.717) is 19.8 Å². The molecule has 4 heteroatoms. The lowest BCUT2D eigenvalue weighted by Gasteiger charge is -2.19. The molecule has 2 aromatic rings. The first-order valence-corrected chi connectivity index (χ1v) is 6.00. The maximum atomic E-state index is 5.53. The summed E-state index contributed by atoms with van der Waals surface area (Å²) < 4.78 is 16.5. The second kappa shape index (κ2) is 4.64. The quantitative estimate of drug-likeness (QED) is 0.902. The highest BCUT2D eigenvalue weighted by molar-refractivity contribution is 5.55. The van der Waals surface area contributed by atoms with Gasteiger partial charge in [-0.15, -0.1) is 0 Å². The standard InChI is InChI=1S/C14H15NO3/c1-10-2-4-12(18-10)9-15-11-3-5-13-14(8-11)17-7-6-16-13/h2-5,8,15H,6-7,9H2,1H3. The average molecular weight is 245 g/mol. The summed E-state index contributed by atoms with van der Waals surface area (Å²) in [5.74, 6) is 3.44. The fourth-order valence-corrected chi connectivity index (χ4v) is 1.92. The minimum atomic E-state index is 0.605. The number of benzene rings is 1. The molecule has 0 aliphatic carbocycles. The largest absolute Gasteiger partial charge is 0.486 e. The number of hydrogen-bond acceptors (Lipinski definition) is 4. The Kier molecular flexibility index (Phi) is 2.84. The lowest BCUT2D eigenvalue weighted by Crippen LogP contribution is -2.15. The van der Waals surface area contributed by atoms with Crippen LogP contribution in [0.1, 0.15) is 11.5 Å².